The van der Waals surface area contributed by atoms with Gasteiger partial charge in [0.2, 0.25) is 0 Å². The van der Waals surface area contributed by atoms with E-state index in [1.54, 1.807) is 0 Å². The SMILES string of the molecule is Cc1cc(N2NC(=O)C3=C(CCCC3)C2Cc2ccccc2)ccc1Br. The number of hydrazine groups is 1. The second-order valence-corrected chi connectivity index (χ2v) is 8.02. The Labute approximate surface area is 163 Å². The molecule has 0 saturated heterocycles. The highest BCUT2D eigenvalue weighted by molar-refractivity contribution is 9.10. The summed E-state index contributed by atoms with van der Waals surface area (Å²) in [6.07, 6.45) is 5.10. The second kappa shape index (κ2) is 7.28. The van der Waals surface area contributed by atoms with Gasteiger partial charge in [-0.2, -0.15) is 0 Å². The molecular weight excluding hydrogens is 388 g/mol. The molecule has 1 atom stereocenters. The van der Waals surface area contributed by atoms with Crippen molar-refractivity contribution in [3.63, 3.8) is 0 Å². The summed E-state index contributed by atoms with van der Waals surface area (Å²) in [7, 11) is 0. The first-order valence-corrected chi connectivity index (χ1v) is 10.0. The van der Waals surface area contributed by atoms with E-state index in [1.165, 1.54) is 23.1 Å². The molecule has 4 rings (SSSR count). The summed E-state index contributed by atoms with van der Waals surface area (Å²) in [6.45, 7) is 2.08. The van der Waals surface area contributed by atoms with Crippen molar-refractivity contribution >= 4 is 27.5 Å². The highest BCUT2D eigenvalue weighted by atomic mass is 79.9. The molecule has 1 heterocycles. The van der Waals surface area contributed by atoms with Crippen molar-refractivity contribution in [2.75, 3.05) is 5.01 Å². The van der Waals surface area contributed by atoms with Gasteiger partial charge in [-0.25, -0.2) is 0 Å². The van der Waals surface area contributed by atoms with E-state index in [9.17, 15) is 4.79 Å². The molecule has 1 aliphatic carbocycles. The van der Waals surface area contributed by atoms with Crippen LogP contribution in [0.25, 0.3) is 0 Å². The van der Waals surface area contributed by atoms with Crippen LogP contribution in [0.2, 0.25) is 0 Å². The number of amides is 1. The zero-order valence-electron chi connectivity index (χ0n) is 15.0. The molecule has 0 bridgehead atoms. The first kappa shape index (κ1) is 17.3. The molecule has 2 aromatic rings. The Balaban J connectivity index is 1.76. The maximum atomic E-state index is 12.7. The number of anilines is 1. The van der Waals surface area contributed by atoms with Crippen LogP contribution >= 0.6 is 15.9 Å². The van der Waals surface area contributed by atoms with Crippen molar-refractivity contribution in [2.24, 2.45) is 0 Å². The minimum absolute atomic E-state index is 0.0737. The lowest BCUT2D eigenvalue weighted by atomic mass is 9.83. The van der Waals surface area contributed by atoms with Gasteiger partial charge in [0, 0.05) is 10.0 Å². The Morgan fingerprint density at radius 2 is 1.88 bits per heavy atom. The van der Waals surface area contributed by atoms with Crippen LogP contribution < -0.4 is 10.4 Å². The molecule has 0 radical (unpaired) electrons. The number of carbonyl (C=O) groups excluding carboxylic acids is 1. The van der Waals surface area contributed by atoms with E-state index in [1.807, 2.05) is 6.07 Å². The lowest BCUT2D eigenvalue weighted by Gasteiger charge is -2.42. The molecule has 134 valence electrons. The van der Waals surface area contributed by atoms with Crippen LogP contribution in [0, 0.1) is 6.92 Å². The summed E-state index contributed by atoms with van der Waals surface area (Å²) in [4.78, 5) is 12.7. The molecule has 0 saturated carbocycles. The topological polar surface area (TPSA) is 32.3 Å². The zero-order chi connectivity index (χ0) is 18.1. The summed E-state index contributed by atoms with van der Waals surface area (Å²) in [5.74, 6) is 0.0737. The fourth-order valence-corrected chi connectivity index (χ4v) is 4.29. The fourth-order valence-electron chi connectivity index (χ4n) is 4.04. The minimum atomic E-state index is 0.0737. The number of carbonyl (C=O) groups is 1. The van der Waals surface area contributed by atoms with Crippen LogP contribution in [-0.4, -0.2) is 11.9 Å². The average molecular weight is 411 g/mol. The second-order valence-electron chi connectivity index (χ2n) is 7.16. The van der Waals surface area contributed by atoms with Crippen LogP contribution in [0.4, 0.5) is 5.69 Å². The van der Waals surface area contributed by atoms with E-state index in [2.05, 4.69) is 75.8 Å². The van der Waals surface area contributed by atoms with Crippen LogP contribution in [0.3, 0.4) is 0 Å². The molecule has 1 aliphatic heterocycles. The first-order chi connectivity index (χ1) is 12.6. The van der Waals surface area contributed by atoms with Crippen LogP contribution in [0.5, 0.6) is 0 Å². The number of hydrogen-bond acceptors (Lipinski definition) is 2. The van der Waals surface area contributed by atoms with Gasteiger partial charge in [-0.1, -0.05) is 46.3 Å². The predicted molar refractivity (Wildman–Crippen MR) is 109 cm³/mol. The molecule has 26 heavy (non-hydrogen) atoms. The van der Waals surface area contributed by atoms with E-state index in [4.69, 9.17) is 0 Å². The molecule has 2 aromatic carbocycles. The smallest absolute Gasteiger partial charge is 0.265 e. The van der Waals surface area contributed by atoms with Gasteiger partial charge in [0.25, 0.3) is 5.91 Å². The summed E-state index contributed by atoms with van der Waals surface area (Å²) < 4.78 is 1.08. The highest BCUT2D eigenvalue weighted by Crippen LogP contribution is 2.36. The Morgan fingerprint density at radius 3 is 2.65 bits per heavy atom. The maximum absolute atomic E-state index is 12.7. The molecule has 1 N–H and O–H groups in total. The van der Waals surface area contributed by atoms with Gasteiger partial charge < -0.3 is 0 Å². The number of rotatable bonds is 3. The largest absolute Gasteiger partial charge is 0.278 e. The lowest BCUT2D eigenvalue weighted by Crippen LogP contribution is -2.55. The van der Waals surface area contributed by atoms with Gasteiger partial charge in [-0.05, 0) is 73.9 Å². The molecule has 4 heteroatoms. The third kappa shape index (κ3) is 3.30. The Kier molecular flexibility index (Phi) is 4.86. The van der Waals surface area contributed by atoms with Gasteiger partial charge in [-0.15, -0.1) is 0 Å². The number of nitrogens with one attached hydrogen (secondary N) is 1. The van der Waals surface area contributed by atoms with Gasteiger partial charge >= 0.3 is 0 Å². The quantitative estimate of drug-likeness (QED) is 0.763. The van der Waals surface area contributed by atoms with Crippen LogP contribution in [-0.2, 0) is 11.2 Å². The van der Waals surface area contributed by atoms with Gasteiger partial charge in [0.1, 0.15) is 0 Å². The number of benzene rings is 2. The summed E-state index contributed by atoms with van der Waals surface area (Å²) in [5.41, 5.74) is 9.01. The molecule has 0 aromatic heterocycles. The van der Waals surface area contributed by atoms with Gasteiger partial charge in [-0.3, -0.25) is 15.2 Å². The Morgan fingerprint density at radius 1 is 1.12 bits per heavy atom. The summed E-state index contributed by atoms with van der Waals surface area (Å²) >= 11 is 3.57. The van der Waals surface area contributed by atoms with Crippen molar-refractivity contribution in [2.45, 2.75) is 45.1 Å². The molecular formula is C22H23BrN2O. The molecule has 2 aliphatic rings. The predicted octanol–water partition coefficient (Wildman–Crippen LogP) is 5.09. The van der Waals surface area contributed by atoms with E-state index < -0.39 is 0 Å². The van der Waals surface area contributed by atoms with Crippen molar-refractivity contribution < 1.29 is 4.79 Å². The maximum Gasteiger partial charge on any atom is 0.265 e. The summed E-state index contributed by atoms with van der Waals surface area (Å²) in [6, 6.07) is 17.0. The minimum Gasteiger partial charge on any atom is -0.278 e. The van der Waals surface area contributed by atoms with E-state index in [0.717, 1.165) is 41.4 Å². The van der Waals surface area contributed by atoms with Crippen molar-refractivity contribution in [3.05, 3.63) is 75.3 Å². The van der Waals surface area contributed by atoms with Crippen molar-refractivity contribution in [1.82, 2.24) is 5.43 Å². The van der Waals surface area contributed by atoms with Crippen molar-refractivity contribution in [3.8, 4) is 0 Å². The van der Waals surface area contributed by atoms with E-state index in [0.29, 0.717) is 0 Å². The number of hydrogen-bond donors (Lipinski definition) is 1. The lowest BCUT2D eigenvalue weighted by molar-refractivity contribution is -0.118. The normalized spacial score (nSPS) is 20.0. The Hall–Kier alpha value is -2.07. The van der Waals surface area contributed by atoms with Crippen LogP contribution in [0.15, 0.2) is 64.1 Å². The molecule has 1 unspecified atom stereocenters. The summed E-state index contributed by atoms with van der Waals surface area (Å²) in [5, 5.41) is 2.08. The molecule has 0 fully saturated rings. The Bertz CT molecular complexity index is 860. The first-order valence-electron chi connectivity index (χ1n) is 9.25. The monoisotopic (exact) mass is 410 g/mol. The fraction of sp³-hybridized carbons (Fsp3) is 0.318. The zero-order valence-corrected chi connectivity index (χ0v) is 16.6. The van der Waals surface area contributed by atoms with Crippen molar-refractivity contribution in [1.29, 1.82) is 0 Å². The van der Waals surface area contributed by atoms with E-state index >= 15 is 0 Å². The standard InChI is InChI=1S/C22H23BrN2O/c1-15-13-17(11-12-20(15)23)25-21(14-16-7-3-2-4-8-16)18-9-5-6-10-19(18)22(26)24-25/h2-4,7-8,11-13,21H,5-6,9-10,14H2,1H3,(H,24,26). The number of nitrogens with zero attached hydrogens (tertiary/aromatic N) is 1. The molecule has 1 amide bonds. The van der Waals surface area contributed by atoms with E-state index in [-0.39, 0.29) is 11.9 Å². The van der Waals surface area contributed by atoms with Gasteiger partial charge in [0.05, 0.1) is 11.7 Å². The average Bonchev–Trinajstić information content (AvgIpc) is 2.67. The van der Waals surface area contributed by atoms with Crippen LogP contribution in [0.1, 0.15) is 36.8 Å². The number of halogens is 1. The highest BCUT2D eigenvalue weighted by Gasteiger charge is 2.35. The number of aryl methyl sites for hydroxylation is 1. The van der Waals surface area contributed by atoms with Gasteiger partial charge in [0.15, 0.2) is 0 Å². The molecule has 3 nitrogen and oxygen atoms in total. The third-order valence-corrected chi connectivity index (χ3v) is 6.30. The molecule has 0 spiro atoms. The third-order valence-electron chi connectivity index (χ3n) is 5.41.